The Labute approximate surface area is 212 Å². The molecule has 10 heteroatoms. The Balaban J connectivity index is 1.42. The quantitative estimate of drug-likeness (QED) is 0.380. The van der Waals surface area contributed by atoms with E-state index >= 15 is 0 Å². The smallest absolute Gasteiger partial charge is 0.265 e. The van der Waals surface area contributed by atoms with E-state index in [1.807, 2.05) is 0 Å². The first-order valence-electron chi connectivity index (χ1n) is 9.98. The van der Waals surface area contributed by atoms with Crippen LogP contribution in [0.4, 0.5) is 5.69 Å². The highest BCUT2D eigenvalue weighted by Crippen LogP contribution is 2.43. The topological polar surface area (TPSA) is 66.5 Å². The molecule has 0 fully saturated rings. The molecule has 5 nitrogen and oxygen atoms in total. The lowest BCUT2D eigenvalue weighted by atomic mass is 10.0. The number of sulfonamides is 1. The van der Waals surface area contributed by atoms with Crippen LogP contribution >= 0.6 is 46.6 Å². The van der Waals surface area contributed by atoms with Crippen LogP contribution in [-0.4, -0.2) is 33.2 Å². The van der Waals surface area contributed by atoms with Crippen LogP contribution in [0.15, 0.2) is 65.6 Å². The van der Waals surface area contributed by atoms with Crippen LogP contribution in [0.3, 0.4) is 0 Å². The van der Waals surface area contributed by atoms with E-state index in [9.17, 15) is 13.2 Å². The summed E-state index contributed by atoms with van der Waals surface area (Å²) < 4.78 is 27.7. The summed E-state index contributed by atoms with van der Waals surface area (Å²) in [5.41, 5.74) is 2.52. The minimum atomic E-state index is -3.89. The molecular weight excluding hydrogens is 523 g/mol. The molecule has 0 atom stereocenters. The number of anilines is 1. The molecule has 4 rings (SSSR count). The van der Waals surface area contributed by atoms with Crippen LogP contribution in [0.5, 0.6) is 0 Å². The number of fused-ring (bicyclic) bond motifs is 3. The number of hydrogen-bond acceptors (Lipinski definition) is 4. The fourth-order valence-electron chi connectivity index (χ4n) is 3.57. The van der Waals surface area contributed by atoms with Gasteiger partial charge in [-0.25, -0.2) is 8.42 Å². The van der Waals surface area contributed by atoms with E-state index in [-0.39, 0.29) is 11.4 Å². The van der Waals surface area contributed by atoms with Gasteiger partial charge in [0.05, 0.1) is 10.6 Å². The van der Waals surface area contributed by atoms with Crippen molar-refractivity contribution < 1.29 is 13.2 Å². The molecule has 0 radical (unpaired) electrons. The average Bonchev–Trinajstić information content (AvgIpc) is 2.78. The van der Waals surface area contributed by atoms with Crippen molar-refractivity contribution >= 4 is 68.2 Å². The van der Waals surface area contributed by atoms with Gasteiger partial charge in [-0.15, -0.1) is 0 Å². The Hall–Kier alpha value is -1.90. The van der Waals surface area contributed by atoms with Gasteiger partial charge in [-0.3, -0.25) is 9.10 Å². The van der Waals surface area contributed by atoms with Gasteiger partial charge in [-0.1, -0.05) is 59.1 Å². The highest BCUT2D eigenvalue weighted by atomic mass is 35.5. The van der Waals surface area contributed by atoms with Crippen molar-refractivity contribution in [1.82, 2.24) is 5.32 Å². The molecule has 172 valence electrons. The normalized spacial score (nSPS) is 13.8. The maximum atomic E-state index is 13.3. The molecule has 0 spiro atoms. The Kier molecular flexibility index (Phi) is 7.46. The molecule has 0 aliphatic carbocycles. The lowest BCUT2D eigenvalue weighted by Gasteiger charge is -2.31. The number of carbonyl (C=O) groups excluding carboxylic acids is 1. The van der Waals surface area contributed by atoms with Crippen LogP contribution in [0.25, 0.3) is 11.1 Å². The van der Waals surface area contributed by atoms with Gasteiger partial charge in [0.2, 0.25) is 5.91 Å². The van der Waals surface area contributed by atoms with Crippen molar-refractivity contribution in [2.45, 2.75) is 10.6 Å². The van der Waals surface area contributed by atoms with Gasteiger partial charge >= 0.3 is 0 Å². The summed E-state index contributed by atoms with van der Waals surface area (Å²) in [6.07, 6.45) is 0. The molecule has 1 N–H and O–H groups in total. The Morgan fingerprint density at radius 3 is 2.42 bits per heavy atom. The number of halogens is 3. The second kappa shape index (κ2) is 10.2. The molecule has 0 unspecified atom stereocenters. The molecule has 1 aliphatic heterocycles. The van der Waals surface area contributed by atoms with Crippen molar-refractivity contribution in [2.75, 3.05) is 23.1 Å². The zero-order valence-electron chi connectivity index (χ0n) is 17.2. The Morgan fingerprint density at radius 1 is 0.939 bits per heavy atom. The van der Waals surface area contributed by atoms with Gasteiger partial charge < -0.3 is 5.32 Å². The van der Waals surface area contributed by atoms with E-state index < -0.39 is 15.9 Å². The van der Waals surface area contributed by atoms with Crippen LogP contribution in [0.2, 0.25) is 15.1 Å². The average molecular weight is 542 g/mol. The zero-order chi connectivity index (χ0) is 23.6. The standard InChI is InChI=1S/C23H19Cl3N2O3S2/c24-15-8-9-21-17(12-15)16-4-1-2-7-22(16)33(30,31)28(21)13-23(29)27-10-11-32-14-18-19(25)5-3-6-20(18)26/h1-9,12H,10-11,13-14H2,(H,27,29). The van der Waals surface area contributed by atoms with Gasteiger partial charge in [0.1, 0.15) is 6.54 Å². The number of amides is 1. The van der Waals surface area contributed by atoms with Gasteiger partial charge in [0.25, 0.3) is 10.0 Å². The summed E-state index contributed by atoms with van der Waals surface area (Å²) >= 11 is 20.1. The third-order valence-electron chi connectivity index (χ3n) is 5.14. The largest absolute Gasteiger partial charge is 0.354 e. The van der Waals surface area contributed by atoms with E-state index in [0.717, 1.165) is 9.87 Å². The van der Waals surface area contributed by atoms with Crippen molar-refractivity contribution in [3.63, 3.8) is 0 Å². The number of carbonyl (C=O) groups is 1. The highest BCUT2D eigenvalue weighted by Gasteiger charge is 2.35. The fraction of sp³-hybridized carbons (Fsp3) is 0.174. The minimum Gasteiger partial charge on any atom is -0.354 e. The summed E-state index contributed by atoms with van der Waals surface area (Å²) in [5.74, 6) is 0.838. The van der Waals surface area contributed by atoms with E-state index in [0.29, 0.717) is 49.9 Å². The lowest BCUT2D eigenvalue weighted by Crippen LogP contribution is -2.43. The molecule has 1 heterocycles. The second-order valence-corrected chi connectivity index (χ2v) is 11.5. The number of thioether (sulfide) groups is 1. The maximum Gasteiger partial charge on any atom is 0.265 e. The number of rotatable bonds is 7. The summed E-state index contributed by atoms with van der Waals surface area (Å²) in [5, 5.41) is 4.49. The summed E-state index contributed by atoms with van der Waals surface area (Å²) in [6.45, 7) is 0.0514. The van der Waals surface area contributed by atoms with E-state index in [1.165, 1.54) is 6.07 Å². The molecule has 0 saturated carbocycles. The molecule has 33 heavy (non-hydrogen) atoms. The number of benzene rings is 3. The van der Waals surface area contributed by atoms with Crippen molar-refractivity contribution in [3.05, 3.63) is 81.3 Å². The lowest BCUT2D eigenvalue weighted by molar-refractivity contribution is -0.119. The van der Waals surface area contributed by atoms with Crippen molar-refractivity contribution in [3.8, 4) is 11.1 Å². The number of nitrogens with one attached hydrogen (secondary N) is 1. The Morgan fingerprint density at radius 2 is 1.67 bits per heavy atom. The molecule has 1 amide bonds. The maximum absolute atomic E-state index is 13.3. The van der Waals surface area contributed by atoms with Crippen LogP contribution in [0.1, 0.15) is 5.56 Å². The molecule has 3 aromatic rings. The first-order valence-corrected chi connectivity index (χ1v) is 13.7. The van der Waals surface area contributed by atoms with Crippen LogP contribution < -0.4 is 9.62 Å². The van der Waals surface area contributed by atoms with Gasteiger partial charge in [0.15, 0.2) is 0 Å². The molecule has 0 saturated heterocycles. The summed E-state index contributed by atoms with van der Waals surface area (Å²) in [6, 6.07) is 17.0. The van der Waals surface area contributed by atoms with E-state index in [4.69, 9.17) is 34.8 Å². The van der Waals surface area contributed by atoms with Crippen LogP contribution in [-0.2, 0) is 20.6 Å². The minimum absolute atomic E-state index is 0.153. The fourth-order valence-corrected chi connectivity index (χ4v) is 6.98. The zero-order valence-corrected chi connectivity index (χ0v) is 21.1. The molecule has 0 bridgehead atoms. The van der Waals surface area contributed by atoms with Gasteiger partial charge in [-0.05, 0) is 42.0 Å². The molecule has 0 aromatic heterocycles. The summed E-state index contributed by atoms with van der Waals surface area (Å²) in [7, 11) is -3.89. The third kappa shape index (κ3) is 5.12. The Bertz CT molecular complexity index is 1300. The highest BCUT2D eigenvalue weighted by molar-refractivity contribution is 7.98. The SMILES string of the molecule is O=C(CN1c2ccc(Cl)cc2-c2ccccc2S1(=O)=O)NCCSCc1c(Cl)cccc1Cl. The monoisotopic (exact) mass is 540 g/mol. The van der Waals surface area contributed by atoms with Gasteiger partial charge in [-0.2, -0.15) is 11.8 Å². The molecule has 1 aliphatic rings. The third-order valence-corrected chi connectivity index (χ3v) is 8.88. The van der Waals surface area contributed by atoms with Gasteiger partial charge in [0, 0.05) is 44.2 Å². The number of hydrogen-bond donors (Lipinski definition) is 1. The predicted octanol–water partition coefficient (Wildman–Crippen LogP) is 5.87. The second-order valence-electron chi connectivity index (χ2n) is 7.27. The first kappa shape index (κ1) is 24.2. The van der Waals surface area contributed by atoms with E-state index in [1.54, 1.807) is 66.4 Å². The van der Waals surface area contributed by atoms with Crippen molar-refractivity contribution in [1.29, 1.82) is 0 Å². The number of nitrogens with zero attached hydrogens (tertiary/aromatic N) is 1. The van der Waals surface area contributed by atoms with E-state index in [2.05, 4.69) is 5.32 Å². The molecular formula is C23H19Cl3N2O3S2. The first-order chi connectivity index (χ1) is 15.8. The van der Waals surface area contributed by atoms with Crippen LogP contribution in [0, 0.1) is 0 Å². The summed E-state index contributed by atoms with van der Waals surface area (Å²) in [4.78, 5) is 12.8. The molecule has 3 aromatic carbocycles. The predicted molar refractivity (Wildman–Crippen MR) is 137 cm³/mol. The van der Waals surface area contributed by atoms with Crippen molar-refractivity contribution in [2.24, 2.45) is 0 Å².